The minimum absolute atomic E-state index is 0. The van der Waals surface area contributed by atoms with E-state index in [0.717, 1.165) is 5.75 Å². The van der Waals surface area contributed by atoms with Gasteiger partial charge in [0.15, 0.2) is 0 Å². The molecule has 0 spiro atoms. The van der Waals surface area contributed by atoms with Crippen molar-refractivity contribution in [1.29, 1.82) is 0 Å². The van der Waals surface area contributed by atoms with Crippen LogP contribution < -0.4 is 4.74 Å². The molecule has 1 aliphatic heterocycles. The molecule has 1 aromatic rings. The van der Waals surface area contributed by atoms with E-state index in [1.54, 1.807) is 0 Å². The summed E-state index contributed by atoms with van der Waals surface area (Å²) in [5.41, 5.74) is 1.17. The molecular formula is C9H11BiCoFeMoNiO. The Morgan fingerprint density at radius 1 is 1.13 bits per heavy atom. The van der Waals surface area contributed by atoms with Gasteiger partial charge in [0.2, 0.25) is 0 Å². The molecule has 1 radical (unpaired) electrons. The summed E-state index contributed by atoms with van der Waals surface area (Å²) in [5.74, 6) is 0.991. The zero-order valence-electron chi connectivity index (χ0n) is 7.70. The van der Waals surface area contributed by atoms with Crippen molar-refractivity contribution in [3.05, 3.63) is 35.9 Å². The van der Waals surface area contributed by atoms with Crippen molar-refractivity contribution >= 4 is 32.3 Å². The molecule has 1 aliphatic rings. The molecule has 0 atom stereocenters. The Balaban J connectivity index is -0.000000121. The van der Waals surface area contributed by atoms with E-state index in [4.69, 9.17) is 4.74 Å². The molecular weight excluding hydrogens is 602 g/mol. The number of para-hydroxylation sites is 1. The van der Waals surface area contributed by atoms with E-state index in [1.165, 1.54) is 5.56 Å². The van der Waals surface area contributed by atoms with Gasteiger partial charge in [-0.2, -0.15) is 0 Å². The molecule has 15 heavy (non-hydrogen) atoms. The fraction of sp³-hybridized carbons (Fsp3) is 0.111. The van der Waals surface area contributed by atoms with Crippen LogP contribution in [0.3, 0.4) is 0 Å². The maximum atomic E-state index is 5.34. The molecule has 0 aromatic heterocycles. The smallest absolute Gasteiger partial charge is 0 e. The Kier molecular flexibility index (Phi) is 23.8. The molecule has 0 bridgehead atoms. The minimum atomic E-state index is 0. The molecule has 0 saturated heterocycles. The largest absolute Gasteiger partial charge is 0 e. The molecule has 2 rings (SSSR count). The van der Waals surface area contributed by atoms with Crippen molar-refractivity contribution in [1.82, 2.24) is 0 Å². The predicted molar refractivity (Wildman–Crippen MR) is 50.9 cm³/mol. The Labute approximate surface area is 155 Å². The quantitative estimate of drug-likeness (QED) is 0.396. The first-order valence-electron chi connectivity index (χ1n) is 3.35. The van der Waals surface area contributed by atoms with E-state index in [1.807, 2.05) is 30.3 Å². The van der Waals surface area contributed by atoms with E-state index in [9.17, 15) is 0 Å². The Morgan fingerprint density at radius 3 is 2.33 bits per heavy atom. The summed E-state index contributed by atoms with van der Waals surface area (Å²) >= 11 is 0. The third-order valence-electron chi connectivity index (χ3n) is 1.55. The molecule has 0 amide bonds. The Bertz CT molecular complexity index is 289. The number of hydrogen-bond acceptors (Lipinski definition) is 1. The van der Waals surface area contributed by atoms with Crippen molar-refractivity contribution < 1.29 is 76.1 Å². The summed E-state index contributed by atoms with van der Waals surface area (Å²) in [5, 5.41) is 0. The monoisotopic (exact) mass is 615 g/mol. The first kappa shape index (κ1) is 25.6. The standard InChI is InChI=1S/C9H8O.Bi.Co.Fe.Mo.Ni.3H/c1-2-6-9-8(4-1)5-3-7-10-9;;;;;;;;/h1-6H,7H2;;;;;;;;. The fourth-order valence-corrected chi connectivity index (χ4v) is 1.06. The van der Waals surface area contributed by atoms with Crippen molar-refractivity contribution in [3.8, 4) is 5.75 Å². The van der Waals surface area contributed by atoms with Gasteiger partial charge in [-0.1, -0.05) is 24.3 Å². The van der Waals surface area contributed by atoms with Gasteiger partial charge in [-0.25, -0.2) is 0 Å². The molecule has 91 valence electrons. The molecule has 1 nitrogen and oxygen atoms in total. The molecule has 1 heterocycles. The molecule has 1 aromatic carbocycles. The van der Waals surface area contributed by atoms with Crippen LogP contribution in [0.5, 0.6) is 5.75 Å². The van der Waals surface area contributed by atoms with Crippen molar-refractivity contribution in [2.45, 2.75) is 0 Å². The third-order valence-corrected chi connectivity index (χ3v) is 1.55. The second kappa shape index (κ2) is 13.9. The summed E-state index contributed by atoms with van der Waals surface area (Å²) < 4.78 is 5.34. The van der Waals surface area contributed by atoms with E-state index < -0.39 is 0 Å². The average molecular weight is 614 g/mol. The second-order valence-corrected chi connectivity index (χ2v) is 2.25. The molecule has 0 aliphatic carbocycles. The van der Waals surface area contributed by atoms with Gasteiger partial charge in [-0.05, 0) is 12.1 Å². The summed E-state index contributed by atoms with van der Waals surface area (Å²) in [7, 11) is 0. The number of hydrogen-bond donors (Lipinski definition) is 0. The van der Waals surface area contributed by atoms with Crippen LogP contribution >= 0.6 is 0 Å². The maximum absolute atomic E-state index is 5.34. The van der Waals surface area contributed by atoms with Gasteiger partial charge < -0.3 is 4.74 Å². The molecule has 0 saturated carbocycles. The van der Waals surface area contributed by atoms with Crippen LogP contribution in [-0.4, -0.2) is 32.8 Å². The van der Waals surface area contributed by atoms with Crippen LogP contribution in [-0.2, 0) is 71.4 Å². The summed E-state index contributed by atoms with van der Waals surface area (Å²) in [6.45, 7) is 0.705. The van der Waals surface area contributed by atoms with Gasteiger partial charge >= 0.3 is 26.2 Å². The Hall–Kier alpha value is 1.85. The van der Waals surface area contributed by atoms with Crippen LogP contribution in [0.4, 0.5) is 0 Å². The summed E-state index contributed by atoms with van der Waals surface area (Å²) in [6, 6.07) is 8.03. The molecule has 6 heteroatoms. The SMILES string of the molecule is C1=Cc2ccccc2OC1.[BiH3].[Co].[Fe].[Mo].[Ni]. The topological polar surface area (TPSA) is 9.23 Å². The Morgan fingerprint density at radius 2 is 1.73 bits per heavy atom. The van der Waals surface area contributed by atoms with Gasteiger partial charge in [-0.3, -0.25) is 0 Å². The third kappa shape index (κ3) is 7.72. The van der Waals surface area contributed by atoms with Gasteiger partial charge in [0.1, 0.15) is 12.4 Å². The zero-order chi connectivity index (χ0) is 6.81. The van der Waals surface area contributed by atoms with E-state index in [-0.39, 0.29) is 97.6 Å². The van der Waals surface area contributed by atoms with E-state index in [0.29, 0.717) is 6.61 Å². The number of fused-ring (bicyclic) bond motifs is 1. The minimum Gasteiger partial charge on any atom is 0 e. The second-order valence-electron chi connectivity index (χ2n) is 2.25. The van der Waals surface area contributed by atoms with Crippen LogP contribution in [0, 0.1) is 0 Å². The maximum Gasteiger partial charge on any atom is 0 e. The van der Waals surface area contributed by atoms with Crippen LogP contribution in [0.2, 0.25) is 0 Å². The van der Waals surface area contributed by atoms with Gasteiger partial charge in [-0.15, -0.1) is 0 Å². The summed E-state index contributed by atoms with van der Waals surface area (Å²) in [6.07, 6.45) is 4.10. The predicted octanol–water partition coefficient (Wildman–Crippen LogP) is 0.898. The van der Waals surface area contributed by atoms with Crippen LogP contribution in [0.1, 0.15) is 5.56 Å². The fourth-order valence-electron chi connectivity index (χ4n) is 1.06. The molecule has 0 N–H and O–H groups in total. The number of rotatable bonds is 0. The van der Waals surface area contributed by atoms with E-state index in [2.05, 4.69) is 6.08 Å². The van der Waals surface area contributed by atoms with Gasteiger partial charge in [0.05, 0.1) is 0 Å². The van der Waals surface area contributed by atoms with Gasteiger partial charge in [0.25, 0.3) is 0 Å². The first-order chi connectivity index (χ1) is 4.97. The van der Waals surface area contributed by atoms with Gasteiger partial charge in [0, 0.05) is 77.0 Å². The average Bonchev–Trinajstić information content (AvgIpc) is 2.05. The molecule has 0 fully saturated rings. The zero-order valence-corrected chi connectivity index (χ0v) is 18.3. The number of benzene rings is 1. The van der Waals surface area contributed by atoms with Crippen molar-refractivity contribution in [2.24, 2.45) is 0 Å². The van der Waals surface area contributed by atoms with Crippen LogP contribution in [0.25, 0.3) is 6.08 Å². The van der Waals surface area contributed by atoms with E-state index >= 15 is 0 Å². The normalized spacial score (nSPS) is 9.33. The summed E-state index contributed by atoms with van der Waals surface area (Å²) in [4.78, 5) is 0. The van der Waals surface area contributed by atoms with Crippen molar-refractivity contribution in [3.63, 3.8) is 0 Å². The first-order valence-corrected chi connectivity index (χ1v) is 3.35. The number of ether oxygens (including phenoxy) is 1. The molecule has 0 unspecified atom stereocenters. The van der Waals surface area contributed by atoms with Crippen LogP contribution in [0.15, 0.2) is 30.3 Å². The van der Waals surface area contributed by atoms with Crippen molar-refractivity contribution in [2.75, 3.05) is 6.61 Å².